The largest absolute Gasteiger partial charge is 0.250 e. The van der Waals surface area contributed by atoms with Gasteiger partial charge in [-0.3, -0.25) is 0 Å². The summed E-state index contributed by atoms with van der Waals surface area (Å²) in [4.78, 5) is 3.00. The van der Waals surface area contributed by atoms with Crippen molar-refractivity contribution in [2.75, 3.05) is 0 Å². The maximum absolute atomic E-state index is 12.0. The Morgan fingerprint density at radius 3 is 2.44 bits per heavy atom. The van der Waals surface area contributed by atoms with E-state index in [1.807, 2.05) is 0 Å². The van der Waals surface area contributed by atoms with E-state index >= 15 is 0 Å². The third kappa shape index (κ3) is 1.36. The highest BCUT2D eigenvalue weighted by Gasteiger charge is 2.00. The fourth-order valence-corrected chi connectivity index (χ4v) is 0.532. The number of pyridine rings is 1. The first kappa shape index (κ1) is 6.42. The standard InChI is InChI=1S/C5H2ClF2N/c6-4-2-1-3(7)5(8)9-4/h1-2H. The van der Waals surface area contributed by atoms with Crippen LogP contribution in [0.5, 0.6) is 0 Å². The molecule has 1 aromatic heterocycles. The van der Waals surface area contributed by atoms with Crippen LogP contribution in [0.1, 0.15) is 0 Å². The summed E-state index contributed by atoms with van der Waals surface area (Å²) in [6.45, 7) is 0. The lowest BCUT2D eigenvalue weighted by atomic mass is 10.5. The molecule has 0 radical (unpaired) electrons. The second-order valence-corrected chi connectivity index (χ2v) is 1.79. The highest BCUT2D eigenvalue weighted by atomic mass is 35.5. The normalized spacial score (nSPS) is 9.67. The summed E-state index contributed by atoms with van der Waals surface area (Å²) in [6, 6.07) is 2.10. The van der Waals surface area contributed by atoms with Crippen molar-refractivity contribution in [1.29, 1.82) is 0 Å². The average Bonchev–Trinajstić information content (AvgIpc) is 1.80. The van der Waals surface area contributed by atoms with E-state index in [0.29, 0.717) is 0 Å². The Kier molecular flexibility index (Phi) is 1.62. The minimum absolute atomic E-state index is 0.0473. The molecule has 1 rings (SSSR count). The third-order valence-corrected chi connectivity index (χ3v) is 0.980. The topological polar surface area (TPSA) is 12.9 Å². The summed E-state index contributed by atoms with van der Waals surface area (Å²) in [6.07, 6.45) is 0. The van der Waals surface area contributed by atoms with Crippen molar-refractivity contribution in [3.8, 4) is 0 Å². The summed E-state index contributed by atoms with van der Waals surface area (Å²) in [5, 5.41) is -0.0473. The predicted octanol–water partition coefficient (Wildman–Crippen LogP) is 2.01. The SMILES string of the molecule is Fc1ccc(Cl)nc1F. The molecular weight excluding hydrogens is 148 g/mol. The van der Waals surface area contributed by atoms with Crippen LogP contribution in [0.4, 0.5) is 8.78 Å². The van der Waals surface area contributed by atoms with Gasteiger partial charge in [0.25, 0.3) is 0 Å². The van der Waals surface area contributed by atoms with Crippen molar-refractivity contribution in [1.82, 2.24) is 4.98 Å². The van der Waals surface area contributed by atoms with Crippen LogP contribution in [-0.2, 0) is 0 Å². The molecular formula is C5H2ClF2N. The van der Waals surface area contributed by atoms with Crippen LogP contribution in [-0.4, -0.2) is 4.98 Å². The Bertz CT molecular complexity index is 226. The molecule has 0 fully saturated rings. The van der Waals surface area contributed by atoms with Gasteiger partial charge in [0.1, 0.15) is 5.15 Å². The van der Waals surface area contributed by atoms with Gasteiger partial charge in [-0.05, 0) is 12.1 Å². The van der Waals surface area contributed by atoms with Crippen molar-refractivity contribution in [2.45, 2.75) is 0 Å². The van der Waals surface area contributed by atoms with Crippen molar-refractivity contribution in [3.63, 3.8) is 0 Å². The maximum atomic E-state index is 12.0. The number of hydrogen-bond acceptors (Lipinski definition) is 1. The van der Waals surface area contributed by atoms with Crippen LogP contribution in [0.2, 0.25) is 5.15 Å². The minimum Gasteiger partial charge on any atom is -0.205 e. The summed E-state index contributed by atoms with van der Waals surface area (Å²) < 4.78 is 24.0. The maximum Gasteiger partial charge on any atom is 0.250 e. The fourth-order valence-electron chi connectivity index (χ4n) is 0.395. The predicted molar refractivity (Wildman–Crippen MR) is 29.2 cm³/mol. The number of hydrogen-bond donors (Lipinski definition) is 0. The molecule has 0 aromatic carbocycles. The zero-order valence-electron chi connectivity index (χ0n) is 4.24. The molecule has 1 aromatic rings. The lowest BCUT2D eigenvalue weighted by Crippen LogP contribution is -1.87. The Morgan fingerprint density at radius 1 is 1.33 bits per heavy atom. The summed E-state index contributed by atoms with van der Waals surface area (Å²) in [7, 11) is 0. The number of halogens is 3. The number of aromatic nitrogens is 1. The molecule has 0 amide bonds. The zero-order valence-corrected chi connectivity index (χ0v) is 4.99. The van der Waals surface area contributed by atoms with Gasteiger partial charge in [0, 0.05) is 0 Å². The van der Waals surface area contributed by atoms with Crippen LogP contribution >= 0.6 is 11.6 Å². The van der Waals surface area contributed by atoms with Crippen LogP contribution in [0.25, 0.3) is 0 Å². The van der Waals surface area contributed by atoms with Gasteiger partial charge in [0.15, 0.2) is 5.82 Å². The average molecular weight is 150 g/mol. The monoisotopic (exact) mass is 149 g/mol. The zero-order chi connectivity index (χ0) is 6.85. The second-order valence-electron chi connectivity index (χ2n) is 1.41. The summed E-state index contributed by atoms with van der Waals surface area (Å²) in [5.41, 5.74) is 0. The van der Waals surface area contributed by atoms with Gasteiger partial charge < -0.3 is 0 Å². The van der Waals surface area contributed by atoms with Gasteiger partial charge in [-0.1, -0.05) is 11.6 Å². The highest BCUT2D eigenvalue weighted by Crippen LogP contribution is 2.07. The molecule has 9 heavy (non-hydrogen) atoms. The molecule has 0 unspecified atom stereocenters. The molecule has 0 bridgehead atoms. The third-order valence-electron chi connectivity index (χ3n) is 0.769. The Morgan fingerprint density at radius 2 is 2.00 bits per heavy atom. The Labute approximate surface area is 55.3 Å². The molecule has 4 heteroatoms. The van der Waals surface area contributed by atoms with E-state index in [4.69, 9.17) is 11.6 Å². The number of nitrogens with zero attached hydrogens (tertiary/aromatic N) is 1. The van der Waals surface area contributed by atoms with E-state index in [1.165, 1.54) is 6.07 Å². The molecule has 1 nitrogen and oxygen atoms in total. The highest BCUT2D eigenvalue weighted by molar-refractivity contribution is 6.29. The van der Waals surface area contributed by atoms with Gasteiger partial charge in [-0.15, -0.1) is 0 Å². The van der Waals surface area contributed by atoms with E-state index in [1.54, 1.807) is 0 Å². The summed E-state index contributed by atoms with van der Waals surface area (Å²) in [5.74, 6) is -2.15. The van der Waals surface area contributed by atoms with Crippen molar-refractivity contribution in [3.05, 3.63) is 29.1 Å². The quantitative estimate of drug-likeness (QED) is 0.515. The van der Waals surface area contributed by atoms with E-state index in [0.717, 1.165) is 6.07 Å². The Hall–Kier alpha value is -0.700. The molecule has 0 N–H and O–H groups in total. The number of rotatable bonds is 0. The molecule has 0 aliphatic heterocycles. The molecule has 0 atom stereocenters. The van der Waals surface area contributed by atoms with Gasteiger partial charge in [0.2, 0.25) is 5.95 Å². The first-order valence-corrected chi connectivity index (χ1v) is 2.55. The van der Waals surface area contributed by atoms with E-state index < -0.39 is 11.8 Å². The van der Waals surface area contributed by atoms with Crippen LogP contribution in [0.3, 0.4) is 0 Å². The molecule has 0 saturated heterocycles. The summed E-state index contributed by atoms with van der Waals surface area (Å²) >= 11 is 5.20. The van der Waals surface area contributed by atoms with Crippen LogP contribution in [0, 0.1) is 11.8 Å². The van der Waals surface area contributed by atoms with Gasteiger partial charge in [0.05, 0.1) is 0 Å². The lowest BCUT2D eigenvalue weighted by Gasteiger charge is -1.89. The lowest BCUT2D eigenvalue weighted by molar-refractivity contribution is 0.479. The molecule has 0 saturated carbocycles. The van der Waals surface area contributed by atoms with Gasteiger partial charge in [-0.2, -0.15) is 4.39 Å². The Balaban J connectivity index is 3.17. The molecule has 1 heterocycles. The van der Waals surface area contributed by atoms with E-state index in [9.17, 15) is 8.78 Å². The van der Waals surface area contributed by atoms with Crippen molar-refractivity contribution >= 4 is 11.6 Å². The van der Waals surface area contributed by atoms with Crippen LogP contribution < -0.4 is 0 Å². The smallest absolute Gasteiger partial charge is 0.205 e. The van der Waals surface area contributed by atoms with E-state index in [2.05, 4.69) is 4.98 Å². The minimum atomic E-state index is -1.16. The van der Waals surface area contributed by atoms with Crippen molar-refractivity contribution < 1.29 is 8.78 Å². The molecule has 0 aliphatic rings. The van der Waals surface area contributed by atoms with Crippen LogP contribution in [0.15, 0.2) is 12.1 Å². The molecule has 0 spiro atoms. The molecule has 48 valence electrons. The first-order chi connectivity index (χ1) is 4.20. The first-order valence-electron chi connectivity index (χ1n) is 2.17. The second kappa shape index (κ2) is 2.27. The van der Waals surface area contributed by atoms with Gasteiger partial charge >= 0.3 is 0 Å². The van der Waals surface area contributed by atoms with Crippen molar-refractivity contribution in [2.24, 2.45) is 0 Å². The van der Waals surface area contributed by atoms with E-state index in [-0.39, 0.29) is 5.15 Å². The molecule has 0 aliphatic carbocycles. The fraction of sp³-hybridized carbons (Fsp3) is 0. The van der Waals surface area contributed by atoms with Gasteiger partial charge in [-0.25, -0.2) is 9.37 Å².